The van der Waals surface area contributed by atoms with Crippen molar-refractivity contribution in [3.05, 3.63) is 60.2 Å². The molecule has 0 radical (unpaired) electrons. The Morgan fingerprint density at radius 2 is 2.00 bits per heavy atom. The molecule has 2 N–H and O–H groups in total. The Hall–Kier alpha value is -3.55. The van der Waals surface area contributed by atoms with Crippen LogP contribution in [0.15, 0.2) is 53.1 Å². The van der Waals surface area contributed by atoms with Crippen molar-refractivity contribution in [1.29, 1.82) is 0 Å². The molecule has 3 rings (SSSR count). The van der Waals surface area contributed by atoms with Gasteiger partial charge < -0.3 is 24.5 Å². The van der Waals surface area contributed by atoms with Crippen molar-refractivity contribution in [2.45, 2.75) is 6.54 Å². The number of furan rings is 1. The number of carbonyl (C=O) groups is 1. The van der Waals surface area contributed by atoms with Crippen molar-refractivity contribution < 1.29 is 18.7 Å². The van der Waals surface area contributed by atoms with E-state index in [1.807, 2.05) is 12.1 Å². The summed E-state index contributed by atoms with van der Waals surface area (Å²) in [6, 6.07) is 12.0. The highest BCUT2D eigenvalue weighted by Crippen LogP contribution is 2.29. The van der Waals surface area contributed by atoms with Crippen LogP contribution in [0.1, 0.15) is 16.2 Å². The number of benzene rings is 1. The van der Waals surface area contributed by atoms with E-state index in [1.54, 1.807) is 43.7 Å². The van der Waals surface area contributed by atoms with Crippen LogP contribution in [0.2, 0.25) is 0 Å². The molecule has 26 heavy (non-hydrogen) atoms. The highest BCUT2D eigenvalue weighted by Gasteiger charge is 2.13. The molecule has 8 heteroatoms. The van der Waals surface area contributed by atoms with Crippen molar-refractivity contribution in [3.63, 3.8) is 0 Å². The largest absolute Gasteiger partial charge is 0.497 e. The summed E-state index contributed by atoms with van der Waals surface area (Å²) in [5.74, 6) is 2.03. The monoisotopic (exact) mass is 354 g/mol. The van der Waals surface area contributed by atoms with E-state index in [1.165, 1.54) is 7.11 Å². The molecule has 0 aliphatic heterocycles. The maximum atomic E-state index is 12.4. The van der Waals surface area contributed by atoms with E-state index in [0.717, 1.165) is 5.76 Å². The summed E-state index contributed by atoms with van der Waals surface area (Å²) in [7, 11) is 3.07. The van der Waals surface area contributed by atoms with Crippen LogP contribution in [-0.4, -0.2) is 30.3 Å². The minimum Gasteiger partial charge on any atom is -0.497 e. The molecule has 3 aromatic rings. The summed E-state index contributed by atoms with van der Waals surface area (Å²) >= 11 is 0. The first-order chi connectivity index (χ1) is 12.7. The molecule has 0 fully saturated rings. The molecule has 0 unspecified atom stereocenters. The Kier molecular flexibility index (Phi) is 5.33. The van der Waals surface area contributed by atoms with Crippen molar-refractivity contribution in [2.75, 3.05) is 24.9 Å². The number of methoxy groups -OCH3 is 2. The molecular weight excluding hydrogens is 336 g/mol. The number of nitrogens with one attached hydrogen (secondary N) is 2. The Morgan fingerprint density at radius 1 is 1.12 bits per heavy atom. The zero-order valence-electron chi connectivity index (χ0n) is 14.4. The van der Waals surface area contributed by atoms with Crippen LogP contribution in [0.25, 0.3) is 0 Å². The Morgan fingerprint density at radius 3 is 2.65 bits per heavy atom. The normalized spacial score (nSPS) is 10.2. The maximum absolute atomic E-state index is 12.4. The van der Waals surface area contributed by atoms with Gasteiger partial charge in [0.05, 0.1) is 32.7 Å². The van der Waals surface area contributed by atoms with Crippen molar-refractivity contribution in [3.8, 4) is 11.5 Å². The molecule has 0 atom stereocenters. The van der Waals surface area contributed by atoms with Crippen molar-refractivity contribution in [2.24, 2.45) is 0 Å². The van der Waals surface area contributed by atoms with E-state index in [9.17, 15) is 4.79 Å². The van der Waals surface area contributed by atoms with Gasteiger partial charge in [0, 0.05) is 6.07 Å². The highest BCUT2D eigenvalue weighted by molar-refractivity contribution is 6.03. The SMILES string of the molecule is COc1ccc(OC)c(NC(=O)c2ccc(NCc3ccco3)nn2)c1. The van der Waals surface area contributed by atoms with E-state index in [2.05, 4.69) is 20.8 Å². The fourth-order valence-electron chi connectivity index (χ4n) is 2.24. The Bertz CT molecular complexity index is 863. The minimum atomic E-state index is -0.401. The molecule has 0 bridgehead atoms. The number of amides is 1. The number of anilines is 2. The van der Waals surface area contributed by atoms with E-state index < -0.39 is 5.91 Å². The fraction of sp³-hybridized carbons (Fsp3) is 0.167. The molecule has 0 saturated heterocycles. The lowest BCUT2D eigenvalue weighted by Gasteiger charge is -2.11. The Labute approximate surface area is 150 Å². The van der Waals surface area contributed by atoms with Gasteiger partial charge in [-0.3, -0.25) is 4.79 Å². The molecular formula is C18H18N4O4. The topological polar surface area (TPSA) is 98.5 Å². The van der Waals surface area contributed by atoms with Crippen molar-refractivity contribution >= 4 is 17.4 Å². The number of rotatable bonds is 7. The molecule has 0 aliphatic carbocycles. The van der Waals surface area contributed by atoms with Gasteiger partial charge >= 0.3 is 0 Å². The van der Waals surface area contributed by atoms with Gasteiger partial charge in [0.15, 0.2) is 5.69 Å². The smallest absolute Gasteiger partial charge is 0.276 e. The quantitative estimate of drug-likeness (QED) is 0.673. The predicted molar refractivity (Wildman–Crippen MR) is 95.6 cm³/mol. The molecule has 0 spiro atoms. The van der Waals surface area contributed by atoms with E-state index >= 15 is 0 Å². The molecule has 0 saturated carbocycles. The van der Waals surface area contributed by atoms with Crippen LogP contribution in [0.4, 0.5) is 11.5 Å². The lowest BCUT2D eigenvalue weighted by atomic mass is 10.2. The first kappa shape index (κ1) is 17.3. The van der Waals surface area contributed by atoms with Gasteiger partial charge in [-0.15, -0.1) is 10.2 Å². The van der Waals surface area contributed by atoms with E-state index in [0.29, 0.717) is 29.5 Å². The van der Waals surface area contributed by atoms with Crippen molar-refractivity contribution in [1.82, 2.24) is 10.2 Å². The summed E-state index contributed by atoms with van der Waals surface area (Å²) in [5.41, 5.74) is 0.664. The number of hydrogen-bond acceptors (Lipinski definition) is 7. The summed E-state index contributed by atoms with van der Waals surface area (Å²) in [4.78, 5) is 12.4. The third-order valence-corrected chi connectivity index (χ3v) is 3.58. The second kappa shape index (κ2) is 8.02. The predicted octanol–water partition coefficient (Wildman–Crippen LogP) is 2.95. The van der Waals surface area contributed by atoms with Crippen LogP contribution in [0, 0.1) is 0 Å². The number of carbonyl (C=O) groups excluding carboxylic acids is 1. The number of ether oxygens (including phenoxy) is 2. The first-order valence-corrected chi connectivity index (χ1v) is 7.83. The van der Waals surface area contributed by atoms with Gasteiger partial charge in [-0.05, 0) is 36.4 Å². The third-order valence-electron chi connectivity index (χ3n) is 3.58. The van der Waals surface area contributed by atoms with Crippen LogP contribution in [0.5, 0.6) is 11.5 Å². The highest BCUT2D eigenvalue weighted by atomic mass is 16.5. The first-order valence-electron chi connectivity index (χ1n) is 7.83. The summed E-state index contributed by atoms with van der Waals surface area (Å²) in [6.45, 7) is 0.480. The van der Waals surface area contributed by atoms with E-state index in [-0.39, 0.29) is 5.69 Å². The molecule has 8 nitrogen and oxygen atoms in total. The average Bonchev–Trinajstić information content (AvgIpc) is 3.20. The lowest BCUT2D eigenvalue weighted by molar-refractivity contribution is 0.102. The molecule has 134 valence electrons. The second-order valence-corrected chi connectivity index (χ2v) is 5.26. The Balaban J connectivity index is 1.66. The average molecular weight is 354 g/mol. The van der Waals surface area contributed by atoms with Crippen LogP contribution < -0.4 is 20.1 Å². The minimum absolute atomic E-state index is 0.179. The summed E-state index contributed by atoms with van der Waals surface area (Å²) in [6.07, 6.45) is 1.60. The van der Waals surface area contributed by atoms with Gasteiger partial charge in [0.2, 0.25) is 0 Å². The van der Waals surface area contributed by atoms with E-state index in [4.69, 9.17) is 13.9 Å². The third kappa shape index (κ3) is 4.10. The van der Waals surface area contributed by atoms with Gasteiger partial charge in [0.25, 0.3) is 5.91 Å². The number of hydrogen-bond donors (Lipinski definition) is 2. The second-order valence-electron chi connectivity index (χ2n) is 5.26. The zero-order valence-corrected chi connectivity index (χ0v) is 14.4. The van der Waals surface area contributed by atoms with Gasteiger partial charge in [-0.1, -0.05) is 0 Å². The summed E-state index contributed by atoms with van der Waals surface area (Å²) in [5, 5.41) is 13.7. The summed E-state index contributed by atoms with van der Waals surface area (Å²) < 4.78 is 15.6. The fourth-order valence-corrected chi connectivity index (χ4v) is 2.24. The molecule has 1 amide bonds. The number of nitrogens with zero attached hydrogens (tertiary/aromatic N) is 2. The molecule has 2 heterocycles. The zero-order chi connectivity index (χ0) is 18.4. The van der Waals surface area contributed by atoms with Crippen LogP contribution >= 0.6 is 0 Å². The standard InChI is InChI=1S/C18H18N4O4/c1-24-12-5-7-16(25-2)15(10-12)20-18(23)14-6-8-17(22-21-14)19-11-13-4-3-9-26-13/h3-10H,11H2,1-2H3,(H,19,22)(H,20,23). The molecule has 2 aromatic heterocycles. The van der Waals surface area contributed by atoms with Crippen LogP contribution in [0.3, 0.4) is 0 Å². The van der Waals surface area contributed by atoms with Gasteiger partial charge in [-0.2, -0.15) is 0 Å². The van der Waals surface area contributed by atoms with Gasteiger partial charge in [-0.25, -0.2) is 0 Å². The van der Waals surface area contributed by atoms with Crippen LogP contribution in [-0.2, 0) is 6.54 Å². The van der Waals surface area contributed by atoms with Gasteiger partial charge in [0.1, 0.15) is 23.1 Å². The lowest BCUT2D eigenvalue weighted by Crippen LogP contribution is -2.15. The number of aromatic nitrogens is 2. The molecule has 1 aromatic carbocycles. The molecule has 0 aliphatic rings. The maximum Gasteiger partial charge on any atom is 0.276 e.